The highest BCUT2D eigenvalue weighted by molar-refractivity contribution is 14.1. The van der Waals surface area contributed by atoms with E-state index in [9.17, 15) is 9.59 Å². The molecule has 0 bridgehead atoms. The lowest BCUT2D eigenvalue weighted by molar-refractivity contribution is 0.308. The van der Waals surface area contributed by atoms with Gasteiger partial charge >= 0.3 is 0 Å². The Morgan fingerprint density at radius 3 is 1.96 bits per heavy atom. The molecule has 3 rings (SSSR count). The smallest absolute Gasteiger partial charge is 0.268 e. The Bertz CT molecular complexity index is 1020. The van der Waals surface area contributed by atoms with Gasteiger partial charge in [-0.25, -0.2) is 0 Å². The lowest BCUT2D eigenvalue weighted by Crippen LogP contribution is -2.20. The second-order valence-corrected chi connectivity index (χ2v) is 7.30. The van der Waals surface area contributed by atoms with Crippen molar-refractivity contribution in [2.75, 3.05) is 13.7 Å². The minimum atomic E-state index is -0.562. The largest absolute Gasteiger partial charge is 0.493 e. The predicted molar refractivity (Wildman–Crippen MR) is 110 cm³/mol. The van der Waals surface area contributed by atoms with Crippen LogP contribution in [0.4, 0.5) is 0 Å². The van der Waals surface area contributed by atoms with Gasteiger partial charge in [0.1, 0.15) is 0 Å². The van der Waals surface area contributed by atoms with Crippen LogP contribution in [0.25, 0.3) is 0 Å². The lowest BCUT2D eigenvalue weighted by Gasteiger charge is -2.19. The van der Waals surface area contributed by atoms with Gasteiger partial charge in [0.2, 0.25) is 0 Å². The highest BCUT2D eigenvalue weighted by Gasteiger charge is 2.29. The fourth-order valence-electron chi connectivity index (χ4n) is 3.27. The maximum absolute atomic E-state index is 12.5. The second-order valence-electron chi connectivity index (χ2n) is 6.14. The first-order valence-corrected chi connectivity index (χ1v) is 9.51. The summed E-state index contributed by atoms with van der Waals surface area (Å²) in [5.41, 5.74) is 2.57. The van der Waals surface area contributed by atoms with E-state index >= 15 is 0 Å². The van der Waals surface area contributed by atoms with Crippen molar-refractivity contribution in [3.8, 4) is 11.5 Å². The summed E-state index contributed by atoms with van der Waals surface area (Å²) in [5.74, 6) is 0.633. The molecule has 0 saturated carbocycles. The van der Waals surface area contributed by atoms with E-state index in [0.29, 0.717) is 40.6 Å². The first-order chi connectivity index (χ1) is 12.9. The van der Waals surface area contributed by atoms with Crippen LogP contribution in [0.3, 0.4) is 0 Å². The second kappa shape index (κ2) is 7.67. The Morgan fingerprint density at radius 1 is 1.00 bits per heavy atom. The number of benzene rings is 1. The van der Waals surface area contributed by atoms with Crippen molar-refractivity contribution < 1.29 is 9.47 Å². The quantitative estimate of drug-likeness (QED) is 0.403. The molecule has 0 aliphatic carbocycles. The van der Waals surface area contributed by atoms with Crippen molar-refractivity contribution in [1.29, 1.82) is 0 Å². The van der Waals surface area contributed by atoms with Crippen LogP contribution in [-0.4, -0.2) is 34.1 Å². The molecule has 0 saturated heterocycles. The van der Waals surface area contributed by atoms with Gasteiger partial charge in [0, 0.05) is 17.3 Å². The molecule has 0 aliphatic rings. The first kappa shape index (κ1) is 19.3. The fraction of sp³-hybridized carbons (Fsp3) is 0.333. The average Bonchev–Trinajstić information content (AvgIpc) is 3.14. The molecule has 0 fully saturated rings. The van der Waals surface area contributed by atoms with E-state index in [1.54, 1.807) is 21.0 Å². The van der Waals surface area contributed by atoms with Gasteiger partial charge in [-0.3, -0.25) is 19.8 Å². The summed E-state index contributed by atoms with van der Waals surface area (Å²) in [6.45, 7) is 6.00. The van der Waals surface area contributed by atoms with E-state index in [1.165, 1.54) is 0 Å². The maximum Gasteiger partial charge on any atom is 0.268 e. The molecule has 3 aromatic rings. The summed E-state index contributed by atoms with van der Waals surface area (Å²) < 4.78 is 12.0. The van der Waals surface area contributed by atoms with E-state index in [2.05, 4.69) is 43.0 Å². The Morgan fingerprint density at radius 2 is 1.56 bits per heavy atom. The summed E-state index contributed by atoms with van der Waals surface area (Å²) in [5, 5.41) is 10.9. The SMILES string of the molecule is CCOc1c(I)cc(C(c2c(C)[nH][nH]c2=O)c2c(C)[nH][nH]c2=O)cc1OC. The van der Waals surface area contributed by atoms with Gasteiger partial charge < -0.3 is 19.7 Å². The third-order valence-electron chi connectivity index (χ3n) is 4.48. The minimum absolute atomic E-state index is 0.264. The van der Waals surface area contributed by atoms with Crippen molar-refractivity contribution in [2.45, 2.75) is 26.7 Å². The van der Waals surface area contributed by atoms with E-state index in [1.807, 2.05) is 19.1 Å². The number of ether oxygens (including phenoxy) is 2. The summed E-state index contributed by atoms with van der Waals surface area (Å²) in [6.07, 6.45) is 0. The van der Waals surface area contributed by atoms with Crippen molar-refractivity contribution in [1.82, 2.24) is 20.4 Å². The van der Waals surface area contributed by atoms with E-state index < -0.39 is 5.92 Å². The number of methoxy groups -OCH3 is 1. The van der Waals surface area contributed by atoms with Crippen LogP contribution in [0.2, 0.25) is 0 Å². The molecule has 0 atom stereocenters. The van der Waals surface area contributed by atoms with Crippen LogP contribution in [0.5, 0.6) is 11.5 Å². The number of halogens is 1. The molecule has 0 unspecified atom stereocenters. The molecule has 27 heavy (non-hydrogen) atoms. The Labute approximate surface area is 168 Å². The number of hydrogen-bond acceptors (Lipinski definition) is 4. The van der Waals surface area contributed by atoms with Crippen LogP contribution in [0.1, 0.15) is 40.9 Å². The number of nitrogens with one attached hydrogen (secondary N) is 4. The number of rotatable bonds is 6. The Balaban J connectivity index is 2.32. The van der Waals surface area contributed by atoms with Crippen molar-refractivity contribution in [2.24, 2.45) is 0 Å². The molecule has 2 aromatic heterocycles. The molecule has 0 radical (unpaired) electrons. The van der Waals surface area contributed by atoms with Crippen molar-refractivity contribution in [3.05, 3.63) is 64.5 Å². The maximum atomic E-state index is 12.5. The molecule has 0 aliphatic heterocycles. The van der Waals surface area contributed by atoms with Gasteiger partial charge in [-0.15, -0.1) is 0 Å². The molecule has 0 spiro atoms. The summed E-state index contributed by atoms with van der Waals surface area (Å²) in [7, 11) is 1.56. The van der Waals surface area contributed by atoms with Gasteiger partial charge in [-0.05, 0) is 61.1 Å². The molecule has 1 aromatic carbocycles. The van der Waals surface area contributed by atoms with Crippen LogP contribution in [-0.2, 0) is 0 Å². The molecule has 9 heteroatoms. The number of H-pyrrole nitrogens is 4. The molecule has 4 N–H and O–H groups in total. The molecule has 8 nitrogen and oxygen atoms in total. The molecule has 2 heterocycles. The van der Waals surface area contributed by atoms with Crippen LogP contribution >= 0.6 is 22.6 Å². The van der Waals surface area contributed by atoms with Crippen LogP contribution in [0, 0.1) is 17.4 Å². The fourth-order valence-corrected chi connectivity index (χ4v) is 4.06. The molecule has 144 valence electrons. The Hall–Kier alpha value is -2.43. The minimum Gasteiger partial charge on any atom is -0.493 e. The number of aromatic nitrogens is 4. The van der Waals surface area contributed by atoms with Crippen molar-refractivity contribution in [3.63, 3.8) is 0 Å². The van der Waals surface area contributed by atoms with Crippen LogP contribution < -0.4 is 20.6 Å². The first-order valence-electron chi connectivity index (χ1n) is 8.43. The highest BCUT2D eigenvalue weighted by Crippen LogP contribution is 2.39. The van der Waals surface area contributed by atoms with E-state index in [4.69, 9.17) is 9.47 Å². The van der Waals surface area contributed by atoms with Crippen molar-refractivity contribution >= 4 is 22.6 Å². The monoisotopic (exact) mass is 484 g/mol. The average molecular weight is 484 g/mol. The zero-order valence-electron chi connectivity index (χ0n) is 15.5. The highest BCUT2D eigenvalue weighted by atomic mass is 127. The van der Waals surface area contributed by atoms with Gasteiger partial charge in [-0.2, -0.15) is 0 Å². The number of hydrogen-bond donors (Lipinski definition) is 4. The van der Waals surface area contributed by atoms with Crippen LogP contribution in [0.15, 0.2) is 21.7 Å². The van der Waals surface area contributed by atoms with E-state index in [-0.39, 0.29) is 11.1 Å². The molecule has 0 amide bonds. The van der Waals surface area contributed by atoms with Gasteiger partial charge in [0.25, 0.3) is 11.1 Å². The molecular weight excluding hydrogens is 463 g/mol. The normalized spacial score (nSPS) is 11.2. The van der Waals surface area contributed by atoms with Gasteiger partial charge in [0.15, 0.2) is 11.5 Å². The number of aryl methyl sites for hydroxylation is 2. The zero-order chi connectivity index (χ0) is 19.7. The Kier molecular flexibility index (Phi) is 5.49. The standard InChI is InChI=1S/C18H21IN4O4/c1-5-27-16-11(19)6-10(7-12(16)26-4)15(13-8(2)20-22-17(13)24)14-9(3)21-23-18(14)25/h6-7,15H,5H2,1-4H3,(H2,20,22,24)(H2,21,23,25). The lowest BCUT2D eigenvalue weighted by atomic mass is 9.85. The summed E-state index contributed by atoms with van der Waals surface area (Å²) in [4.78, 5) is 25.0. The van der Waals surface area contributed by atoms with Gasteiger partial charge in [0.05, 0.1) is 28.4 Å². The topological polar surface area (TPSA) is 116 Å². The third-order valence-corrected chi connectivity index (χ3v) is 5.28. The van der Waals surface area contributed by atoms with E-state index in [0.717, 1.165) is 9.13 Å². The third kappa shape index (κ3) is 3.43. The van der Waals surface area contributed by atoms with Gasteiger partial charge in [-0.1, -0.05) is 0 Å². The summed E-state index contributed by atoms with van der Waals surface area (Å²) in [6, 6.07) is 3.73. The molecular formula is C18H21IN4O4. The number of aromatic amines is 4. The zero-order valence-corrected chi connectivity index (χ0v) is 17.6. The summed E-state index contributed by atoms with van der Waals surface area (Å²) >= 11 is 2.17. The predicted octanol–water partition coefficient (Wildman–Crippen LogP) is 2.53.